The topological polar surface area (TPSA) is 107 Å². The third-order valence-corrected chi connectivity index (χ3v) is 8.71. The molecule has 0 radical (unpaired) electrons. The van der Waals surface area contributed by atoms with E-state index in [0.29, 0.717) is 30.7 Å². The summed E-state index contributed by atoms with van der Waals surface area (Å²) >= 11 is 0. The molecule has 7 nitrogen and oxygen atoms in total. The van der Waals surface area contributed by atoms with Crippen LogP contribution < -0.4 is 10.4 Å². The number of anilines is 1. The van der Waals surface area contributed by atoms with E-state index in [0.717, 1.165) is 30.4 Å². The van der Waals surface area contributed by atoms with Gasteiger partial charge in [-0.2, -0.15) is 0 Å². The lowest BCUT2D eigenvalue weighted by Crippen LogP contribution is -2.36. The Hall–Kier alpha value is -3.27. The smallest absolute Gasteiger partial charge is 0.488 e. The van der Waals surface area contributed by atoms with Crippen LogP contribution in [0, 0.1) is 29.5 Å². The number of ether oxygens (including phenoxy) is 1. The standard InChI is InChI=1S/C32H37BFNO6/c1-4-6-19(13-20-9-11-27(36)26(34)14-20)10-12-28-29-23(18(2)3)16-24-30(25(29)17-41-28)32(38)35(31(24)37)22-8-5-7-21(15-22)33(39)40/h5,7-9,11,13-15,18,24-25,28,30,36,39-40H,4,6,10,12,16-17H2,1-3H3/b19-13+/t24-,25+,28-,30-/m1/s1. The van der Waals surface area contributed by atoms with Crippen molar-refractivity contribution < 1.29 is 33.9 Å². The van der Waals surface area contributed by atoms with Crippen LogP contribution >= 0.6 is 0 Å². The molecule has 1 aliphatic carbocycles. The maximum absolute atomic E-state index is 13.9. The molecule has 2 aromatic carbocycles. The van der Waals surface area contributed by atoms with Crippen LogP contribution in [0.3, 0.4) is 0 Å². The van der Waals surface area contributed by atoms with Crippen LogP contribution in [0.25, 0.3) is 6.08 Å². The summed E-state index contributed by atoms with van der Waals surface area (Å²) in [6, 6.07) is 10.7. The van der Waals surface area contributed by atoms with Crippen molar-refractivity contribution in [2.75, 3.05) is 11.5 Å². The van der Waals surface area contributed by atoms with E-state index in [9.17, 15) is 29.1 Å². The molecular formula is C32H37BFNO6. The van der Waals surface area contributed by atoms with E-state index in [-0.39, 0.29) is 41.0 Å². The van der Waals surface area contributed by atoms with Gasteiger partial charge in [-0.25, -0.2) is 4.39 Å². The normalized spacial score (nSPS) is 24.4. The van der Waals surface area contributed by atoms with Gasteiger partial charge in [-0.15, -0.1) is 0 Å². The van der Waals surface area contributed by atoms with E-state index in [4.69, 9.17) is 4.74 Å². The molecule has 41 heavy (non-hydrogen) atoms. The SMILES string of the molecule is CCC/C(=C\c1ccc(O)c(F)c1)CC[C@H]1OC[C@H]2C1=C(C(C)C)C[C@H]1C(=O)N(c3cccc(B(O)O)c3)C(=O)[C@H]12. The first-order valence-corrected chi connectivity index (χ1v) is 14.5. The van der Waals surface area contributed by atoms with Crippen molar-refractivity contribution in [3.63, 3.8) is 0 Å². The summed E-state index contributed by atoms with van der Waals surface area (Å²) in [7, 11) is -1.70. The van der Waals surface area contributed by atoms with Gasteiger partial charge in [0, 0.05) is 5.92 Å². The zero-order valence-corrected chi connectivity index (χ0v) is 23.7. The summed E-state index contributed by atoms with van der Waals surface area (Å²) in [4.78, 5) is 28.7. The van der Waals surface area contributed by atoms with Crippen LogP contribution in [0.15, 0.2) is 59.2 Å². The van der Waals surface area contributed by atoms with Crippen molar-refractivity contribution in [2.24, 2.45) is 23.7 Å². The first-order chi connectivity index (χ1) is 19.6. The number of amides is 2. The zero-order chi connectivity index (χ0) is 29.4. The fourth-order valence-corrected chi connectivity index (χ4v) is 6.79. The van der Waals surface area contributed by atoms with Crippen LogP contribution in [-0.4, -0.2) is 46.8 Å². The number of halogens is 1. The molecule has 4 atom stereocenters. The van der Waals surface area contributed by atoms with Crippen LogP contribution in [0.2, 0.25) is 0 Å². The maximum atomic E-state index is 13.9. The summed E-state index contributed by atoms with van der Waals surface area (Å²) < 4.78 is 20.3. The molecule has 3 aliphatic rings. The number of imide groups is 1. The number of carbonyl (C=O) groups is 2. The Balaban J connectivity index is 1.40. The number of aromatic hydroxyl groups is 1. The number of nitrogens with zero attached hydrogens (tertiary/aromatic N) is 1. The van der Waals surface area contributed by atoms with Crippen molar-refractivity contribution >= 4 is 36.2 Å². The minimum absolute atomic E-state index is 0.167. The predicted octanol–water partition coefficient (Wildman–Crippen LogP) is 4.35. The van der Waals surface area contributed by atoms with Gasteiger partial charge in [-0.05, 0) is 72.5 Å². The van der Waals surface area contributed by atoms with Crippen molar-refractivity contribution in [1.29, 1.82) is 0 Å². The van der Waals surface area contributed by atoms with Gasteiger partial charge in [0.15, 0.2) is 11.6 Å². The Morgan fingerprint density at radius 2 is 1.90 bits per heavy atom. The molecule has 2 aliphatic heterocycles. The van der Waals surface area contributed by atoms with Crippen molar-refractivity contribution in [3.8, 4) is 5.75 Å². The lowest BCUT2D eigenvalue weighted by atomic mass is 9.67. The number of hydrogen-bond donors (Lipinski definition) is 3. The number of hydrogen-bond acceptors (Lipinski definition) is 6. The van der Waals surface area contributed by atoms with Crippen LogP contribution in [-0.2, 0) is 14.3 Å². The van der Waals surface area contributed by atoms with Gasteiger partial charge < -0.3 is 19.9 Å². The van der Waals surface area contributed by atoms with E-state index in [1.165, 1.54) is 34.7 Å². The molecule has 2 amide bonds. The average Bonchev–Trinajstić information content (AvgIpc) is 3.47. The number of fused-ring (bicyclic) bond motifs is 3. The summed E-state index contributed by atoms with van der Waals surface area (Å²) in [5.41, 5.74) is 4.76. The second-order valence-corrected chi connectivity index (χ2v) is 11.7. The molecular weight excluding hydrogens is 524 g/mol. The lowest BCUT2D eigenvalue weighted by Gasteiger charge is -2.33. The van der Waals surface area contributed by atoms with Crippen LogP contribution in [0.1, 0.15) is 58.4 Å². The monoisotopic (exact) mass is 561 g/mol. The van der Waals surface area contributed by atoms with Crippen LogP contribution in [0.5, 0.6) is 5.75 Å². The number of carbonyl (C=O) groups excluding carboxylic acids is 2. The molecule has 0 spiro atoms. The van der Waals surface area contributed by atoms with Crippen LogP contribution in [0.4, 0.5) is 10.1 Å². The number of rotatable bonds is 9. The van der Waals surface area contributed by atoms with Gasteiger partial charge in [-0.3, -0.25) is 14.5 Å². The van der Waals surface area contributed by atoms with E-state index in [1.54, 1.807) is 18.2 Å². The Bertz CT molecular complexity index is 1400. The molecule has 216 valence electrons. The molecule has 2 fully saturated rings. The molecule has 5 rings (SSSR count). The molecule has 0 unspecified atom stereocenters. The fourth-order valence-electron chi connectivity index (χ4n) is 6.79. The van der Waals surface area contributed by atoms with Gasteiger partial charge in [0.2, 0.25) is 11.8 Å². The summed E-state index contributed by atoms with van der Waals surface area (Å²) in [6.07, 6.45) is 5.55. The summed E-state index contributed by atoms with van der Waals surface area (Å²) in [5.74, 6) is -2.52. The minimum Gasteiger partial charge on any atom is -0.505 e. The highest BCUT2D eigenvalue weighted by atomic mass is 19.1. The molecule has 2 aromatic rings. The molecule has 3 N–H and O–H groups in total. The zero-order valence-electron chi connectivity index (χ0n) is 23.7. The molecule has 2 saturated heterocycles. The molecule has 9 heteroatoms. The third kappa shape index (κ3) is 5.63. The quantitative estimate of drug-likeness (QED) is 0.239. The van der Waals surface area contributed by atoms with Gasteiger partial charge in [-0.1, -0.05) is 62.6 Å². The highest BCUT2D eigenvalue weighted by molar-refractivity contribution is 6.58. The molecule has 0 bridgehead atoms. The van der Waals surface area contributed by atoms with Gasteiger partial charge in [0.1, 0.15) is 0 Å². The largest absolute Gasteiger partial charge is 0.505 e. The fraction of sp³-hybridized carbons (Fsp3) is 0.438. The highest BCUT2D eigenvalue weighted by Gasteiger charge is 2.57. The number of allylic oxidation sites excluding steroid dienone is 2. The Kier molecular flexibility index (Phi) is 8.50. The number of phenols is 1. The van der Waals surface area contributed by atoms with Gasteiger partial charge in [0.25, 0.3) is 0 Å². The maximum Gasteiger partial charge on any atom is 0.488 e. The van der Waals surface area contributed by atoms with E-state index < -0.39 is 24.8 Å². The van der Waals surface area contributed by atoms with Crippen molar-refractivity contribution in [2.45, 2.75) is 59.0 Å². The Morgan fingerprint density at radius 3 is 2.59 bits per heavy atom. The Morgan fingerprint density at radius 1 is 1.12 bits per heavy atom. The average molecular weight is 561 g/mol. The first kappa shape index (κ1) is 29.2. The van der Waals surface area contributed by atoms with E-state index >= 15 is 0 Å². The van der Waals surface area contributed by atoms with E-state index in [2.05, 4.69) is 20.8 Å². The van der Waals surface area contributed by atoms with Gasteiger partial charge in [0.05, 0.1) is 30.2 Å². The lowest BCUT2D eigenvalue weighted by molar-refractivity contribution is -0.122. The number of benzene rings is 2. The second-order valence-electron chi connectivity index (χ2n) is 11.7. The molecule has 0 aromatic heterocycles. The second kappa shape index (κ2) is 11.9. The molecule has 0 saturated carbocycles. The van der Waals surface area contributed by atoms with Crippen molar-refractivity contribution in [3.05, 3.63) is 70.6 Å². The Labute approximate surface area is 240 Å². The van der Waals surface area contributed by atoms with E-state index in [1.807, 2.05) is 6.08 Å². The minimum atomic E-state index is -1.70. The summed E-state index contributed by atoms with van der Waals surface area (Å²) in [6.45, 7) is 6.69. The third-order valence-electron chi connectivity index (χ3n) is 8.71. The predicted molar refractivity (Wildman–Crippen MR) is 156 cm³/mol. The molecule has 2 heterocycles. The van der Waals surface area contributed by atoms with Gasteiger partial charge >= 0.3 is 7.12 Å². The highest BCUT2D eigenvalue weighted by Crippen LogP contribution is 2.52. The van der Waals surface area contributed by atoms with Crippen molar-refractivity contribution in [1.82, 2.24) is 0 Å². The first-order valence-electron chi connectivity index (χ1n) is 14.5. The summed E-state index contributed by atoms with van der Waals surface area (Å²) in [5, 5.41) is 28.8. The number of phenolic OH excluding ortho intramolecular Hbond substituents is 1.